The Labute approximate surface area is 65.0 Å². The number of carboxylic acid groups (broad SMARTS) is 1. The van der Waals surface area contributed by atoms with Crippen LogP contribution in [-0.4, -0.2) is 41.3 Å². The molecule has 0 unspecified atom stereocenters. The maximum absolute atomic E-state index is 10.4. The van der Waals surface area contributed by atoms with Gasteiger partial charge < -0.3 is 21.5 Å². The summed E-state index contributed by atoms with van der Waals surface area (Å²) in [6.07, 6.45) is -0.250. The van der Waals surface area contributed by atoms with Crippen LogP contribution < -0.4 is 11.5 Å². The maximum atomic E-state index is 10.4. The third-order valence-corrected chi connectivity index (χ3v) is 1.98. The molecule has 64 valence electrons. The average Bonchev–Trinajstić information content (AvgIpc) is 1.94. The summed E-state index contributed by atoms with van der Waals surface area (Å²) in [5.41, 5.74) is 11.2. The molecular weight excluding hydrogens is 146 g/mol. The number of rotatable bonds is 0. The van der Waals surface area contributed by atoms with E-state index in [2.05, 4.69) is 0 Å². The van der Waals surface area contributed by atoms with Gasteiger partial charge in [0.05, 0.1) is 0 Å². The summed E-state index contributed by atoms with van der Waals surface area (Å²) < 4.78 is 0. The summed E-state index contributed by atoms with van der Waals surface area (Å²) in [6, 6.07) is -0.259. The third-order valence-electron chi connectivity index (χ3n) is 1.98. The third kappa shape index (κ3) is 1.81. The Balaban J connectivity index is 2.46. The zero-order chi connectivity index (χ0) is 8.43. The summed E-state index contributed by atoms with van der Waals surface area (Å²) in [4.78, 5) is 11.7. The lowest BCUT2D eigenvalue weighted by molar-refractivity contribution is 0.126. The van der Waals surface area contributed by atoms with Gasteiger partial charge in [0.2, 0.25) is 0 Å². The number of nitrogens with two attached hydrogens (primary N) is 2. The lowest BCUT2D eigenvalue weighted by Crippen LogP contribution is -2.55. The van der Waals surface area contributed by atoms with Crippen LogP contribution in [-0.2, 0) is 0 Å². The fourth-order valence-corrected chi connectivity index (χ4v) is 1.17. The first-order valence-electron chi connectivity index (χ1n) is 3.60. The number of piperidine rings is 1. The molecule has 0 spiro atoms. The van der Waals surface area contributed by atoms with Gasteiger partial charge in [0, 0.05) is 25.2 Å². The highest BCUT2D eigenvalue weighted by atomic mass is 16.4. The first-order valence-corrected chi connectivity index (χ1v) is 3.60. The number of likely N-dealkylation sites (tertiary alicyclic amines) is 1. The van der Waals surface area contributed by atoms with Gasteiger partial charge in [0.1, 0.15) is 0 Å². The summed E-state index contributed by atoms with van der Waals surface area (Å²) >= 11 is 0. The molecule has 0 aromatic carbocycles. The van der Waals surface area contributed by atoms with Crippen LogP contribution in [0.2, 0.25) is 0 Å². The monoisotopic (exact) mass is 159 g/mol. The molecule has 0 aliphatic carbocycles. The highest BCUT2D eigenvalue weighted by molar-refractivity contribution is 5.65. The Morgan fingerprint density at radius 2 is 2.09 bits per heavy atom. The molecule has 5 N–H and O–H groups in total. The van der Waals surface area contributed by atoms with Gasteiger partial charge in [-0.05, 0) is 6.42 Å². The van der Waals surface area contributed by atoms with Gasteiger partial charge >= 0.3 is 6.09 Å². The molecule has 1 heterocycles. The molecule has 5 nitrogen and oxygen atoms in total. The van der Waals surface area contributed by atoms with Crippen molar-refractivity contribution >= 4 is 6.09 Å². The second-order valence-electron chi connectivity index (χ2n) is 2.84. The van der Waals surface area contributed by atoms with Crippen LogP contribution in [0.5, 0.6) is 0 Å². The summed E-state index contributed by atoms with van der Waals surface area (Å²) in [5, 5.41) is 8.57. The first kappa shape index (κ1) is 8.29. The Morgan fingerprint density at radius 1 is 1.45 bits per heavy atom. The summed E-state index contributed by atoms with van der Waals surface area (Å²) in [5.74, 6) is 0. The van der Waals surface area contributed by atoms with Crippen molar-refractivity contribution in [3.05, 3.63) is 0 Å². The molecule has 1 rings (SSSR count). The lowest BCUT2D eigenvalue weighted by Gasteiger charge is -2.32. The number of carbonyl (C=O) groups is 1. The Morgan fingerprint density at radius 3 is 2.55 bits per heavy atom. The van der Waals surface area contributed by atoms with Crippen LogP contribution in [0.4, 0.5) is 4.79 Å². The van der Waals surface area contributed by atoms with Crippen LogP contribution in [0.1, 0.15) is 6.42 Å². The molecule has 1 amide bonds. The fourth-order valence-electron chi connectivity index (χ4n) is 1.17. The molecule has 11 heavy (non-hydrogen) atoms. The van der Waals surface area contributed by atoms with E-state index >= 15 is 0 Å². The molecule has 0 aromatic heterocycles. The van der Waals surface area contributed by atoms with Crippen molar-refractivity contribution in [2.45, 2.75) is 18.5 Å². The molecule has 0 aromatic rings. The summed E-state index contributed by atoms with van der Waals surface area (Å²) in [7, 11) is 0. The van der Waals surface area contributed by atoms with E-state index in [0.29, 0.717) is 19.5 Å². The minimum atomic E-state index is -0.910. The summed E-state index contributed by atoms with van der Waals surface area (Å²) in [6.45, 7) is 0.862. The predicted molar refractivity (Wildman–Crippen MR) is 40.2 cm³/mol. The van der Waals surface area contributed by atoms with Crippen LogP contribution in [0.3, 0.4) is 0 Å². The van der Waals surface area contributed by atoms with Crippen LogP contribution >= 0.6 is 0 Å². The number of hydrogen-bond donors (Lipinski definition) is 3. The minimum Gasteiger partial charge on any atom is -0.465 e. The zero-order valence-corrected chi connectivity index (χ0v) is 6.23. The van der Waals surface area contributed by atoms with Crippen LogP contribution in [0.15, 0.2) is 0 Å². The standard InChI is InChI=1S/C6H13N3O2/c7-4-1-2-9(6(10)11)3-5(4)8/h4-5H,1-3,7-8H2,(H,10,11)/t4-,5+/m0/s1. The first-order chi connectivity index (χ1) is 5.11. The van der Waals surface area contributed by atoms with E-state index < -0.39 is 6.09 Å². The SMILES string of the molecule is N[C@@H]1CN(C(=O)O)CC[C@@H]1N. The van der Waals surface area contributed by atoms with Gasteiger partial charge in [-0.2, -0.15) is 0 Å². The van der Waals surface area contributed by atoms with E-state index in [-0.39, 0.29) is 12.1 Å². The topological polar surface area (TPSA) is 92.6 Å². The van der Waals surface area contributed by atoms with Gasteiger partial charge in [-0.1, -0.05) is 0 Å². The van der Waals surface area contributed by atoms with Crippen molar-refractivity contribution < 1.29 is 9.90 Å². The number of nitrogens with zero attached hydrogens (tertiary/aromatic N) is 1. The predicted octanol–water partition coefficient (Wildman–Crippen LogP) is -0.975. The lowest BCUT2D eigenvalue weighted by atomic mass is 10.0. The molecule has 0 radical (unpaired) electrons. The fraction of sp³-hybridized carbons (Fsp3) is 0.833. The molecule has 1 aliphatic rings. The van der Waals surface area contributed by atoms with Crippen molar-refractivity contribution in [1.29, 1.82) is 0 Å². The average molecular weight is 159 g/mol. The molecular formula is C6H13N3O2. The highest BCUT2D eigenvalue weighted by Crippen LogP contribution is 2.06. The van der Waals surface area contributed by atoms with Gasteiger partial charge in [-0.15, -0.1) is 0 Å². The minimum absolute atomic E-state index is 0.0504. The molecule has 1 fully saturated rings. The quantitative estimate of drug-likeness (QED) is 0.423. The molecule has 2 atom stereocenters. The van der Waals surface area contributed by atoms with E-state index in [4.69, 9.17) is 16.6 Å². The van der Waals surface area contributed by atoms with Crippen LogP contribution in [0, 0.1) is 0 Å². The molecule has 0 bridgehead atoms. The van der Waals surface area contributed by atoms with Gasteiger partial charge in [0.25, 0.3) is 0 Å². The van der Waals surface area contributed by atoms with E-state index in [0.717, 1.165) is 0 Å². The van der Waals surface area contributed by atoms with Gasteiger partial charge in [-0.3, -0.25) is 0 Å². The molecule has 5 heteroatoms. The van der Waals surface area contributed by atoms with Crippen molar-refractivity contribution in [3.63, 3.8) is 0 Å². The normalized spacial score (nSPS) is 32.0. The highest BCUT2D eigenvalue weighted by Gasteiger charge is 2.25. The van der Waals surface area contributed by atoms with E-state index in [9.17, 15) is 4.79 Å². The van der Waals surface area contributed by atoms with E-state index in [1.165, 1.54) is 4.90 Å². The Bertz CT molecular complexity index is 162. The second-order valence-corrected chi connectivity index (χ2v) is 2.84. The number of amides is 1. The number of hydrogen-bond acceptors (Lipinski definition) is 3. The largest absolute Gasteiger partial charge is 0.465 e. The van der Waals surface area contributed by atoms with Gasteiger partial charge in [0.15, 0.2) is 0 Å². The zero-order valence-electron chi connectivity index (χ0n) is 6.23. The van der Waals surface area contributed by atoms with Crippen molar-refractivity contribution in [2.24, 2.45) is 11.5 Å². The van der Waals surface area contributed by atoms with Crippen molar-refractivity contribution in [1.82, 2.24) is 4.90 Å². The maximum Gasteiger partial charge on any atom is 0.407 e. The second kappa shape index (κ2) is 3.06. The Hall–Kier alpha value is -0.810. The van der Waals surface area contributed by atoms with Crippen molar-refractivity contribution in [3.8, 4) is 0 Å². The van der Waals surface area contributed by atoms with E-state index in [1.54, 1.807) is 0 Å². The molecule has 1 aliphatic heterocycles. The van der Waals surface area contributed by atoms with E-state index in [1.807, 2.05) is 0 Å². The molecule has 1 saturated heterocycles. The molecule has 0 saturated carbocycles. The van der Waals surface area contributed by atoms with Gasteiger partial charge in [-0.25, -0.2) is 4.79 Å². The van der Waals surface area contributed by atoms with Crippen molar-refractivity contribution in [2.75, 3.05) is 13.1 Å². The van der Waals surface area contributed by atoms with Crippen LogP contribution in [0.25, 0.3) is 0 Å². The smallest absolute Gasteiger partial charge is 0.407 e. The Kier molecular flexibility index (Phi) is 2.31.